The van der Waals surface area contributed by atoms with Crippen LogP contribution in [0.5, 0.6) is 5.75 Å². The Labute approximate surface area is 224 Å². The normalized spacial score (nSPS) is 14.9. The number of ether oxygens (including phenoxy) is 1. The number of aryl methyl sites for hydroxylation is 1. The van der Waals surface area contributed by atoms with Gasteiger partial charge in [-0.15, -0.1) is 10.2 Å². The quantitative estimate of drug-likeness (QED) is 0.298. The van der Waals surface area contributed by atoms with Gasteiger partial charge in [0.15, 0.2) is 11.5 Å². The minimum Gasteiger partial charge on any atom is -0.433 e. The Bertz CT molecular complexity index is 1320. The first-order valence-corrected chi connectivity index (χ1v) is 12.2. The highest BCUT2D eigenvalue weighted by Crippen LogP contribution is 2.23. The maximum Gasteiger partial charge on any atom is 0.394 e. The Kier molecular flexibility index (Phi) is 8.91. The van der Waals surface area contributed by atoms with E-state index in [9.17, 15) is 31.5 Å². The van der Waals surface area contributed by atoms with Gasteiger partial charge in [-0.1, -0.05) is 10.4 Å². The highest BCUT2D eigenvalue weighted by Gasteiger charge is 2.28. The summed E-state index contributed by atoms with van der Waals surface area (Å²) in [5.41, 5.74) is -0.190. The Morgan fingerprint density at radius 2 is 1.93 bits per heavy atom. The molecule has 3 heterocycles. The van der Waals surface area contributed by atoms with Crippen molar-refractivity contribution in [2.24, 2.45) is 0 Å². The van der Waals surface area contributed by atoms with Crippen molar-refractivity contribution >= 4 is 17.6 Å². The summed E-state index contributed by atoms with van der Waals surface area (Å²) < 4.78 is 74.3. The number of halogens is 5. The smallest absolute Gasteiger partial charge is 0.394 e. The van der Waals surface area contributed by atoms with Crippen molar-refractivity contribution < 1.29 is 36.3 Å². The number of carbonyl (C=O) groups is 2. The Morgan fingerprint density at radius 3 is 2.65 bits per heavy atom. The minimum absolute atomic E-state index is 0.00854. The average molecular weight is 572 g/mol. The molecular formula is C23H26F5N9O3. The number of aromatic nitrogens is 6. The molecule has 40 heavy (non-hydrogen) atoms. The summed E-state index contributed by atoms with van der Waals surface area (Å²) in [7, 11) is 0. The Hall–Kier alpha value is -4.15. The van der Waals surface area contributed by atoms with Crippen LogP contribution in [0.2, 0.25) is 0 Å². The lowest BCUT2D eigenvalue weighted by molar-refractivity contribution is -0.159. The van der Waals surface area contributed by atoms with Gasteiger partial charge in [0, 0.05) is 45.1 Å². The molecule has 1 fully saturated rings. The molecule has 0 aliphatic carbocycles. The van der Waals surface area contributed by atoms with Crippen molar-refractivity contribution in [1.82, 2.24) is 40.2 Å². The molecule has 3 aromatic rings. The van der Waals surface area contributed by atoms with Crippen LogP contribution in [0.1, 0.15) is 29.4 Å². The lowest BCUT2D eigenvalue weighted by Gasteiger charge is -2.33. The number of likely N-dealkylation sites (tertiary alicyclic amines) is 1. The van der Waals surface area contributed by atoms with E-state index in [4.69, 9.17) is 0 Å². The van der Waals surface area contributed by atoms with E-state index in [1.807, 2.05) is 0 Å². The van der Waals surface area contributed by atoms with E-state index in [1.165, 1.54) is 21.8 Å². The van der Waals surface area contributed by atoms with E-state index >= 15 is 0 Å². The first-order chi connectivity index (χ1) is 18.9. The molecule has 1 saturated heterocycles. The number of anilines is 1. The molecule has 4 rings (SSSR count). The van der Waals surface area contributed by atoms with Crippen LogP contribution in [0, 0.1) is 5.82 Å². The summed E-state index contributed by atoms with van der Waals surface area (Å²) in [6.07, 6.45) is -3.11. The second-order valence-electron chi connectivity index (χ2n) is 9.26. The zero-order valence-electron chi connectivity index (χ0n) is 21.2. The Balaban J connectivity index is 1.20. The predicted molar refractivity (Wildman–Crippen MR) is 128 cm³/mol. The minimum atomic E-state index is -3.46. The number of rotatable bonds is 13. The van der Waals surface area contributed by atoms with Crippen LogP contribution in [-0.4, -0.2) is 84.8 Å². The molecule has 2 aromatic heterocycles. The van der Waals surface area contributed by atoms with Crippen LogP contribution in [0.3, 0.4) is 0 Å². The zero-order valence-corrected chi connectivity index (χ0v) is 21.2. The molecule has 1 aliphatic heterocycles. The fourth-order valence-corrected chi connectivity index (χ4v) is 3.77. The Morgan fingerprint density at radius 1 is 1.18 bits per heavy atom. The number of nitrogens with zero attached hydrogens (tertiary/aromatic N) is 7. The molecule has 0 saturated carbocycles. The number of nitrogens with one attached hydrogen (secondary N) is 2. The first kappa shape index (κ1) is 28.8. The summed E-state index contributed by atoms with van der Waals surface area (Å²) >= 11 is 0. The van der Waals surface area contributed by atoms with Gasteiger partial charge < -0.3 is 15.4 Å². The average Bonchev–Trinajstić information content (AvgIpc) is 3.50. The summed E-state index contributed by atoms with van der Waals surface area (Å²) in [5, 5.41) is 20.0. The molecule has 1 unspecified atom stereocenters. The van der Waals surface area contributed by atoms with Gasteiger partial charge >= 0.3 is 6.11 Å². The van der Waals surface area contributed by atoms with Crippen molar-refractivity contribution in [3.63, 3.8) is 0 Å². The van der Waals surface area contributed by atoms with Gasteiger partial charge in [-0.3, -0.25) is 19.2 Å². The third-order valence-electron chi connectivity index (χ3n) is 5.67. The highest BCUT2D eigenvalue weighted by atomic mass is 19.3. The van der Waals surface area contributed by atoms with E-state index in [-0.39, 0.29) is 74.4 Å². The van der Waals surface area contributed by atoms with Crippen molar-refractivity contribution in [3.8, 4) is 5.75 Å². The number of hydrogen-bond acceptors (Lipinski definition) is 8. The van der Waals surface area contributed by atoms with Crippen LogP contribution in [-0.2, 0) is 24.4 Å². The first-order valence-electron chi connectivity index (χ1n) is 12.2. The molecule has 1 atom stereocenters. The van der Waals surface area contributed by atoms with Crippen molar-refractivity contribution in [3.05, 3.63) is 47.7 Å². The third-order valence-corrected chi connectivity index (χ3v) is 5.67. The molecule has 216 valence electrons. The number of amides is 2. The lowest BCUT2D eigenvalue weighted by atomic mass is 10.2. The molecule has 2 amide bonds. The van der Waals surface area contributed by atoms with Crippen LogP contribution in [0.4, 0.5) is 27.8 Å². The molecule has 0 radical (unpaired) electrons. The summed E-state index contributed by atoms with van der Waals surface area (Å²) in [5.74, 6) is -1.93. The standard InChI is InChI=1S/C23H26F5N9O3/c1-23(27,28)40-17-2-3-18(26)14(6-17)7-29-22(39)19-11-36(33-31-19)5-4-15(24)10-37-12-20(32-34-37)30-21(38)13-35-8-16(25)9-35/h2-3,6,11-12,15-16H,4-5,7-10,13H2,1H3,(H,29,39)(H,30,38). The second kappa shape index (κ2) is 12.4. The summed E-state index contributed by atoms with van der Waals surface area (Å²) in [6, 6.07) is 3.03. The van der Waals surface area contributed by atoms with Gasteiger partial charge in [-0.25, -0.2) is 17.9 Å². The summed E-state index contributed by atoms with van der Waals surface area (Å²) in [6.45, 7) is 0.570. The van der Waals surface area contributed by atoms with Gasteiger partial charge in [0.25, 0.3) is 5.91 Å². The topological polar surface area (TPSA) is 132 Å². The predicted octanol–water partition coefficient (Wildman–Crippen LogP) is 1.95. The van der Waals surface area contributed by atoms with E-state index in [0.29, 0.717) is 6.92 Å². The van der Waals surface area contributed by atoms with Gasteiger partial charge in [0.1, 0.15) is 23.9 Å². The van der Waals surface area contributed by atoms with Gasteiger partial charge in [-0.2, -0.15) is 8.78 Å². The highest BCUT2D eigenvalue weighted by molar-refractivity contribution is 5.92. The number of alkyl halides is 4. The van der Waals surface area contributed by atoms with E-state index in [0.717, 1.165) is 18.2 Å². The van der Waals surface area contributed by atoms with E-state index in [2.05, 4.69) is 36.0 Å². The maximum absolute atomic E-state index is 14.5. The molecular weight excluding hydrogens is 545 g/mol. The second-order valence-corrected chi connectivity index (χ2v) is 9.26. The SMILES string of the molecule is CC(F)(F)Oc1ccc(F)c(CNC(=O)c2cn(CCC(F)Cn3cc(NC(=O)CN4CC(F)C4)nn3)nn2)c1. The number of hydrogen-bond donors (Lipinski definition) is 2. The molecule has 17 heteroatoms. The van der Waals surface area contributed by atoms with Crippen molar-refractivity contribution in [1.29, 1.82) is 0 Å². The van der Waals surface area contributed by atoms with Gasteiger partial charge in [-0.05, 0) is 18.2 Å². The van der Waals surface area contributed by atoms with E-state index in [1.54, 1.807) is 4.90 Å². The van der Waals surface area contributed by atoms with Gasteiger partial charge in [0.05, 0.1) is 25.5 Å². The van der Waals surface area contributed by atoms with Crippen LogP contribution < -0.4 is 15.4 Å². The van der Waals surface area contributed by atoms with Crippen molar-refractivity contribution in [2.75, 3.05) is 25.0 Å². The largest absolute Gasteiger partial charge is 0.433 e. The molecule has 1 aromatic carbocycles. The van der Waals surface area contributed by atoms with Gasteiger partial charge in [0.2, 0.25) is 5.91 Å². The fourth-order valence-electron chi connectivity index (χ4n) is 3.77. The molecule has 1 aliphatic rings. The third kappa shape index (κ3) is 8.42. The summed E-state index contributed by atoms with van der Waals surface area (Å²) in [4.78, 5) is 25.9. The molecule has 12 nitrogen and oxygen atoms in total. The van der Waals surface area contributed by atoms with Crippen LogP contribution in [0.25, 0.3) is 0 Å². The zero-order chi connectivity index (χ0) is 28.9. The molecule has 0 spiro atoms. The number of benzene rings is 1. The van der Waals surface area contributed by atoms with Crippen LogP contribution >= 0.6 is 0 Å². The monoisotopic (exact) mass is 571 g/mol. The molecule has 0 bridgehead atoms. The van der Waals surface area contributed by atoms with Crippen molar-refractivity contribution in [2.45, 2.75) is 51.4 Å². The lowest BCUT2D eigenvalue weighted by Crippen LogP contribution is -2.51. The molecule has 2 N–H and O–H groups in total. The maximum atomic E-state index is 14.5. The van der Waals surface area contributed by atoms with E-state index < -0.39 is 30.2 Å². The number of carbonyl (C=O) groups excluding carboxylic acids is 2. The van der Waals surface area contributed by atoms with Crippen LogP contribution in [0.15, 0.2) is 30.6 Å². The fraction of sp³-hybridized carbons (Fsp3) is 0.478.